The molecule has 0 bridgehead atoms. The van der Waals surface area contributed by atoms with E-state index in [9.17, 15) is 9.59 Å². The van der Waals surface area contributed by atoms with Crippen LogP contribution in [-0.2, 0) is 14.4 Å². The summed E-state index contributed by atoms with van der Waals surface area (Å²) in [6.07, 6.45) is -0.665. The molecule has 4 N–H and O–H groups in total. The van der Waals surface area contributed by atoms with E-state index in [-0.39, 0.29) is 10.8 Å². The number of hydrogen-bond acceptors (Lipinski definition) is 8. The summed E-state index contributed by atoms with van der Waals surface area (Å²) in [5.41, 5.74) is -1.05. The van der Waals surface area contributed by atoms with Crippen LogP contribution in [0.2, 0.25) is 0 Å². The van der Waals surface area contributed by atoms with Crippen molar-refractivity contribution in [3.63, 3.8) is 0 Å². The van der Waals surface area contributed by atoms with Gasteiger partial charge < -0.3 is 9.57 Å². The van der Waals surface area contributed by atoms with Gasteiger partial charge in [0.25, 0.3) is 0 Å². The SMILES string of the molecule is CC(C)(C)OC(=O)Nc1nc(C(=N)C(=O)ON)cs1. The van der Waals surface area contributed by atoms with Crippen molar-refractivity contribution in [2.45, 2.75) is 26.4 Å². The Morgan fingerprint density at radius 1 is 1.47 bits per heavy atom. The highest BCUT2D eigenvalue weighted by molar-refractivity contribution is 7.14. The first-order chi connectivity index (χ1) is 8.73. The first-order valence-corrected chi connectivity index (χ1v) is 6.06. The Labute approximate surface area is 113 Å². The molecular weight excluding hydrogens is 272 g/mol. The number of aromatic nitrogens is 1. The molecule has 0 aromatic carbocycles. The summed E-state index contributed by atoms with van der Waals surface area (Å²) in [5.74, 6) is 3.66. The van der Waals surface area contributed by atoms with Gasteiger partial charge in [0.2, 0.25) is 0 Å². The van der Waals surface area contributed by atoms with Gasteiger partial charge in [-0.25, -0.2) is 14.6 Å². The van der Waals surface area contributed by atoms with E-state index < -0.39 is 23.4 Å². The molecule has 104 valence electrons. The second kappa shape index (κ2) is 5.76. The lowest BCUT2D eigenvalue weighted by Crippen LogP contribution is -2.27. The number of anilines is 1. The highest BCUT2D eigenvalue weighted by Gasteiger charge is 2.19. The van der Waals surface area contributed by atoms with Crippen molar-refractivity contribution in [3.05, 3.63) is 11.1 Å². The van der Waals surface area contributed by atoms with Crippen LogP contribution in [0.3, 0.4) is 0 Å². The van der Waals surface area contributed by atoms with Gasteiger partial charge in [0.1, 0.15) is 11.3 Å². The van der Waals surface area contributed by atoms with Gasteiger partial charge in [-0.2, -0.15) is 5.90 Å². The molecule has 1 aromatic heterocycles. The van der Waals surface area contributed by atoms with Gasteiger partial charge in [-0.3, -0.25) is 10.7 Å². The fraction of sp³-hybridized carbons (Fsp3) is 0.400. The van der Waals surface area contributed by atoms with E-state index >= 15 is 0 Å². The van der Waals surface area contributed by atoms with Crippen LogP contribution in [0.4, 0.5) is 9.93 Å². The number of nitrogens with two attached hydrogens (primary N) is 1. The van der Waals surface area contributed by atoms with E-state index in [4.69, 9.17) is 10.1 Å². The van der Waals surface area contributed by atoms with Gasteiger partial charge in [0, 0.05) is 5.38 Å². The van der Waals surface area contributed by atoms with Gasteiger partial charge in [0.05, 0.1) is 0 Å². The van der Waals surface area contributed by atoms with Gasteiger partial charge >= 0.3 is 12.1 Å². The summed E-state index contributed by atoms with van der Waals surface area (Å²) >= 11 is 1.05. The Morgan fingerprint density at radius 2 is 2.11 bits per heavy atom. The second-order valence-corrected chi connectivity index (χ2v) is 5.30. The van der Waals surface area contributed by atoms with Crippen molar-refractivity contribution in [3.8, 4) is 0 Å². The minimum absolute atomic E-state index is 0.0616. The molecule has 19 heavy (non-hydrogen) atoms. The molecule has 0 aliphatic carbocycles. The first-order valence-electron chi connectivity index (χ1n) is 5.18. The van der Waals surface area contributed by atoms with Crippen molar-refractivity contribution >= 4 is 34.2 Å². The maximum absolute atomic E-state index is 11.5. The molecule has 1 aromatic rings. The number of hydrogen-bond donors (Lipinski definition) is 3. The summed E-state index contributed by atoms with van der Waals surface area (Å²) in [6, 6.07) is 0. The van der Waals surface area contributed by atoms with Crippen molar-refractivity contribution < 1.29 is 19.2 Å². The maximum atomic E-state index is 11.5. The maximum Gasteiger partial charge on any atom is 0.413 e. The molecule has 0 aliphatic rings. The van der Waals surface area contributed by atoms with Crippen molar-refractivity contribution in [1.82, 2.24) is 4.98 Å². The van der Waals surface area contributed by atoms with Crippen LogP contribution in [0.5, 0.6) is 0 Å². The van der Waals surface area contributed by atoms with Gasteiger partial charge in [-0.1, -0.05) is 0 Å². The number of nitrogens with one attached hydrogen (secondary N) is 2. The van der Waals surface area contributed by atoms with Crippen LogP contribution in [-0.4, -0.2) is 28.4 Å². The number of thiazole rings is 1. The van der Waals surface area contributed by atoms with Crippen LogP contribution in [0.25, 0.3) is 0 Å². The zero-order valence-corrected chi connectivity index (χ0v) is 11.5. The molecular formula is C10H14N4O4S. The number of nitrogens with zero attached hydrogens (tertiary/aromatic N) is 1. The quantitative estimate of drug-likeness (QED) is 0.567. The third kappa shape index (κ3) is 4.64. The zero-order chi connectivity index (χ0) is 14.6. The predicted octanol–water partition coefficient (Wildman–Crippen LogP) is 1.27. The molecule has 0 saturated heterocycles. The summed E-state index contributed by atoms with van der Waals surface area (Å²) < 4.78 is 5.03. The lowest BCUT2D eigenvalue weighted by molar-refractivity contribution is -0.136. The molecule has 0 atom stereocenters. The average Bonchev–Trinajstić information content (AvgIpc) is 2.72. The average molecular weight is 286 g/mol. The van der Waals surface area contributed by atoms with Crippen molar-refractivity contribution in [2.24, 2.45) is 5.90 Å². The normalized spacial score (nSPS) is 10.7. The van der Waals surface area contributed by atoms with Gasteiger partial charge in [-0.05, 0) is 20.8 Å². The van der Waals surface area contributed by atoms with Crippen LogP contribution >= 0.6 is 11.3 Å². The summed E-state index contributed by atoms with van der Waals surface area (Å²) in [6.45, 7) is 5.19. The standard InChI is InChI=1S/C10H14N4O4S/c1-10(2,3)17-9(16)14-8-13-5(4-19-8)6(11)7(15)18-12/h4,11H,12H2,1-3H3,(H,13,14,16). The number of carbonyl (C=O) groups excluding carboxylic acids is 2. The number of rotatable bonds is 3. The Morgan fingerprint density at radius 3 is 2.63 bits per heavy atom. The van der Waals surface area contributed by atoms with Crippen molar-refractivity contribution in [1.29, 1.82) is 5.41 Å². The van der Waals surface area contributed by atoms with Crippen LogP contribution in [0.15, 0.2) is 5.38 Å². The third-order valence-electron chi connectivity index (χ3n) is 1.68. The fourth-order valence-electron chi connectivity index (χ4n) is 1.00. The Hall–Kier alpha value is -2.00. The molecule has 0 radical (unpaired) electrons. The Balaban J connectivity index is 2.68. The molecule has 9 heteroatoms. The molecule has 0 aliphatic heterocycles. The van der Waals surface area contributed by atoms with E-state index in [2.05, 4.69) is 21.0 Å². The number of amides is 1. The van der Waals surface area contributed by atoms with Gasteiger partial charge in [-0.15, -0.1) is 11.3 Å². The lowest BCUT2D eigenvalue weighted by Gasteiger charge is -2.18. The molecule has 1 amide bonds. The summed E-state index contributed by atoms with van der Waals surface area (Å²) in [5, 5.41) is 11.4. The van der Waals surface area contributed by atoms with E-state index in [0.29, 0.717) is 0 Å². The van der Waals surface area contributed by atoms with Crippen LogP contribution in [0, 0.1) is 5.41 Å². The highest BCUT2D eigenvalue weighted by Crippen LogP contribution is 2.17. The topological polar surface area (TPSA) is 127 Å². The number of ether oxygens (including phenoxy) is 1. The monoisotopic (exact) mass is 286 g/mol. The zero-order valence-electron chi connectivity index (χ0n) is 10.6. The molecule has 0 saturated carbocycles. The predicted molar refractivity (Wildman–Crippen MR) is 69.1 cm³/mol. The largest absolute Gasteiger partial charge is 0.444 e. The Bertz CT molecular complexity index is 506. The molecule has 0 spiro atoms. The van der Waals surface area contributed by atoms with Gasteiger partial charge in [0.15, 0.2) is 10.8 Å². The molecule has 0 unspecified atom stereocenters. The summed E-state index contributed by atoms with van der Waals surface area (Å²) in [7, 11) is 0. The third-order valence-corrected chi connectivity index (χ3v) is 2.44. The smallest absolute Gasteiger partial charge is 0.413 e. The molecule has 8 nitrogen and oxygen atoms in total. The van der Waals surface area contributed by atoms with E-state index in [1.807, 2.05) is 0 Å². The first kappa shape index (κ1) is 15.1. The van der Waals surface area contributed by atoms with E-state index in [0.717, 1.165) is 11.3 Å². The Kier molecular flexibility index (Phi) is 4.57. The fourth-order valence-corrected chi connectivity index (χ4v) is 1.69. The second-order valence-electron chi connectivity index (χ2n) is 4.45. The summed E-state index contributed by atoms with van der Waals surface area (Å²) in [4.78, 5) is 30.3. The molecule has 0 fully saturated rings. The minimum atomic E-state index is -1.01. The van der Waals surface area contributed by atoms with E-state index in [1.54, 1.807) is 20.8 Å². The van der Waals surface area contributed by atoms with Crippen LogP contribution < -0.4 is 11.2 Å². The van der Waals surface area contributed by atoms with Crippen LogP contribution in [0.1, 0.15) is 26.5 Å². The number of carbonyl (C=O) groups is 2. The highest BCUT2D eigenvalue weighted by atomic mass is 32.1. The minimum Gasteiger partial charge on any atom is -0.444 e. The molecule has 1 heterocycles. The molecule has 1 rings (SSSR count). The lowest BCUT2D eigenvalue weighted by atomic mass is 10.2. The van der Waals surface area contributed by atoms with E-state index in [1.165, 1.54) is 5.38 Å². The van der Waals surface area contributed by atoms with Crippen molar-refractivity contribution in [2.75, 3.05) is 5.32 Å².